The highest BCUT2D eigenvalue weighted by atomic mass is 127. The third kappa shape index (κ3) is 2.26. The topological polar surface area (TPSA) is 15.3 Å². The van der Waals surface area contributed by atoms with Crippen molar-refractivity contribution in [2.45, 2.75) is 6.54 Å². The molecule has 3 rings (SSSR count). The lowest BCUT2D eigenvalue weighted by molar-refractivity contribution is 0.305. The maximum absolute atomic E-state index is 3.49. The van der Waals surface area contributed by atoms with Gasteiger partial charge in [-0.1, -0.05) is 12.1 Å². The fourth-order valence-electron chi connectivity index (χ4n) is 2.93. The Kier molecular flexibility index (Phi) is 3.18. The third-order valence-electron chi connectivity index (χ3n) is 3.78. The van der Waals surface area contributed by atoms with Crippen LogP contribution < -0.4 is 5.32 Å². The van der Waals surface area contributed by atoms with Gasteiger partial charge in [0.2, 0.25) is 0 Å². The van der Waals surface area contributed by atoms with E-state index in [4.69, 9.17) is 0 Å². The average Bonchev–Trinajstić information content (AvgIpc) is 2.81. The van der Waals surface area contributed by atoms with E-state index in [0.29, 0.717) is 0 Å². The maximum Gasteiger partial charge on any atom is 0.0234 e. The Morgan fingerprint density at radius 2 is 1.75 bits per heavy atom. The van der Waals surface area contributed by atoms with Crippen LogP contribution >= 0.6 is 22.6 Å². The first-order valence-electron chi connectivity index (χ1n) is 5.99. The van der Waals surface area contributed by atoms with E-state index in [1.54, 1.807) is 0 Å². The van der Waals surface area contributed by atoms with E-state index in [1.807, 2.05) is 0 Å². The van der Waals surface area contributed by atoms with Crippen LogP contribution in [-0.4, -0.2) is 31.1 Å². The fourth-order valence-corrected chi connectivity index (χ4v) is 3.29. The minimum Gasteiger partial charge on any atom is -0.316 e. The Balaban J connectivity index is 1.62. The molecule has 0 bridgehead atoms. The number of hydrogen-bond donors (Lipinski definition) is 1. The number of nitrogens with one attached hydrogen (secondary N) is 1. The van der Waals surface area contributed by atoms with Crippen LogP contribution in [0.15, 0.2) is 24.3 Å². The number of fused-ring (bicyclic) bond motifs is 1. The number of nitrogens with zero attached hydrogens (tertiary/aromatic N) is 1. The summed E-state index contributed by atoms with van der Waals surface area (Å²) in [5.74, 6) is 1.81. The highest BCUT2D eigenvalue weighted by Crippen LogP contribution is 2.27. The highest BCUT2D eigenvalue weighted by molar-refractivity contribution is 14.1. The lowest BCUT2D eigenvalue weighted by Gasteiger charge is -2.16. The Morgan fingerprint density at radius 1 is 1.12 bits per heavy atom. The maximum atomic E-state index is 3.49. The zero-order valence-electron chi connectivity index (χ0n) is 9.32. The second kappa shape index (κ2) is 4.63. The van der Waals surface area contributed by atoms with Gasteiger partial charge in [-0.2, -0.15) is 0 Å². The van der Waals surface area contributed by atoms with Gasteiger partial charge in [-0.25, -0.2) is 0 Å². The summed E-state index contributed by atoms with van der Waals surface area (Å²) in [5, 5.41) is 3.49. The number of likely N-dealkylation sites (tertiary alicyclic amines) is 1. The van der Waals surface area contributed by atoms with Crippen molar-refractivity contribution in [1.82, 2.24) is 10.2 Å². The Bertz CT molecular complexity index is 351. The molecule has 0 aliphatic carbocycles. The number of hydrogen-bond acceptors (Lipinski definition) is 2. The molecule has 2 nitrogen and oxygen atoms in total. The molecule has 0 spiro atoms. The summed E-state index contributed by atoms with van der Waals surface area (Å²) in [6.45, 7) is 6.15. The summed E-state index contributed by atoms with van der Waals surface area (Å²) in [6, 6.07) is 8.92. The molecule has 0 amide bonds. The van der Waals surface area contributed by atoms with E-state index in [9.17, 15) is 0 Å². The van der Waals surface area contributed by atoms with E-state index in [2.05, 4.69) is 57.1 Å². The van der Waals surface area contributed by atoms with Crippen LogP contribution in [0.25, 0.3) is 0 Å². The quantitative estimate of drug-likeness (QED) is 0.835. The van der Waals surface area contributed by atoms with Crippen LogP contribution in [0.3, 0.4) is 0 Å². The van der Waals surface area contributed by atoms with Gasteiger partial charge >= 0.3 is 0 Å². The zero-order valence-corrected chi connectivity index (χ0v) is 11.5. The minimum atomic E-state index is 0.906. The molecule has 2 heterocycles. The normalized spacial score (nSPS) is 29.6. The highest BCUT2D eigenvalue weighted by Gasteiger charge is 2.35. The van der Waals surface area contributed by atoms with Gasteiger partial charge in [0.1, 0.15) is 0 Å². The number of halogens is 1. The Hall–Kier alpha value is -0.130. The van der Waals surface area contributed by atoms with Crippen molar-refractivity contribution in [2.24, 2.45) is 11.8 Å². The van der Waals surface area contributed by atoms with Crippen LogP contribution in [-0.2, 0) is 6.54 Å². The van der Waals surface area contributed by atoms with Crippen molar-refractivity contribution in [1.29, 1.82) is 0 Å². The first kappa shape index (κ1) is 11.0. The Morgan fingerprint density at radius 3 is 2.38 bits per heavy atom. The van der Waals surface area contributed by atoms with E-state index in [1.165, 1.54) is 35.3 Å². The summed E-state index contributed by atoms with van der Waals surface area (Å²) in [4.78, 5) is 2.61. The van der Waals surface area contributed by atoms with E-state index >= 15 is 0 Å². The standard InChI is InChI=1S/C13H17IN2/c14-13-3-1-10(2-4-13)7-16-8-11-5-15-6-12(11)9-16/h1-4,11-12,15H,5-9H2. The fraction of sp³-hybridized carbons (Fsp3) is 0.538. The molecule has 2 unspecified atom stereocenters. The van der Waals surface area contributed by atoms with Crippen molar-refractivity contribution < 1.29 is 0 Å². The van der Waals surface area contributed by atoms with Crippen LogP contribution in [0.4, 0.5) is 0 Å². The molecule has 1 N–H and O–H groups in total. The first-order valence-corrected chi connectivity index (χ1v) is 7.06. The third-order valence-corrected chi connectivity index (χ3v) is 4.50. The molecule has 3 heteroatoms. The van der Waals surface area contributed by atoms with E-state index < -0.39 is 0 Å². The largest absolute Gasteiger partial charge is 0.316 e. The molecule has 2 aliphatic heterocycles. The summed E-state index contributed by atoms with van der Waals surface area (Å²) in [5.41, 5.74) is 1.45. The summed E-state index contributed by atoms with van der Waals surface area (Å²) < 4.78 is 1.32. The average molecular weight is 328 g/mol. The van der Waals surface area contributed by atoms with Gasteiger partial charge in [-0.15, -0.1) is 0 Å². The molecule has 1 aromatic rings. The van der Waals surface area contributed by atoms with Crippen LogP contribution in [0, 0.1) is 15.4 Å². The predicted octanol–water partition coefficient (Wildman–Crippen LogP) is 1.94. The SMILES string of the molecule is Ic1ccc(CN2CC3CNCC3C2)cc1. The lowest BCUT2D eigenvalue weighted by atomic mass is 10.0. The Labute approximate surface area is 111 Å². The molecule has 86 valence electrons. The van der Waals surface area contributed by atoms with Crippen molar-refractivity contribution in [3.63, 3.8) is 0 Å². The van der Waals surface area contributed by atoms with Crippen LogP contribution in [0.5, 0.6) is 0 Å². The molecule has 2 aliphatic rings. The monoisotopic (exact) mass is 328 g/mol. The van der Waals surface area contributed by atoms with Crippen molar-refractivity contribution in [3.05, 3.63) is 33.4 Å². The second-order valence-corrected chi connectivity index (χ2v) is 6.24. The van der Waals surface area contributed by atoms with E-state index in [0.717, 1.165) is 18.4 Å². The summed E-state index contributed by atoms with van der Waals surface area (Å²) >= 11 is 2.36. The van der Waals surface area contributed by atoms with Crippen LogP contribution in [0.2, 0.25) is 0 Å². The minimum absolute atomic E-state index is 0.906. The van der Waals surface area contributed by atoms with Gasteiger partial charge in [-0.05, 0) is 65.2 Å². The van der Waals surface area contributed by atoms with Gasteiger partial charge in [0.25, 0.3) is 0 Å². The van der Waals surface area contributed by atoms with Crippen LogP contribution in [0.1, 0.15) is 5.56 Å². The van der Waals surface area contributed by atoms with Gasteiger partial charge in [-0.3, -0.25) is 4.90 Å². The summed E-state index contributed by atoms with van der Waals surface area (Å²) in [7, 11) is 0. The van der Waals surface area contributed by atoms with Crippen molar-refractivity contribution >= 4 is 22.6 Å². The molecular formula is C13H17IN2. The predicted molar refractivity (Wildman–Crippen MR) is 74.3 cm³/mol. The number of rotatable bonds is 2. The van der Waals surface area contributed by atoms with E-state index in [-0.39, 0.29) is 0 Å². The molecule has 2 fully saturated rings. The second-order valence-electron chi connectivity index (χ2n) is 5.00. The van der Waals surface area contributed by atoms with Gasteiger partial charge < -0.3 is 5.32 Å². The molecule has 0 saturated carbocycles. The van der Waals surface area contributed by atoms with Crippen molar-refractivity contribution in [2.75, 3.05) is 26.2 Å². The molecule has 16 heavy (non-hydrogen) atoms. The van der Waals surface area contributed by atoms with Gasteiger partial charge in [0, 0.05) is 23.2 Å². The van der Waals surface area contributed by atoms with Gasteiger partial charge in [0.05, 0.1) is 0 Å². The molecule has 0 radical (unpaired) electrons. The molecule has 2 saturated heterocycles. The molecule has 2 atom stereocenters. The molecular weight excluding hydrogens is 311 g/mol. The summed E-state index contributed by atoms with van der Waals surface area (Å²) in [6.07, 6.45) is 0. The molecule has 1 aromatic carbocycles. The number of benzene rings is 1. The zero-order chi connectivity index (χ0) is 11.0. The lowest BCUT2D eigenvalue weighted by Crippen LogP contribution is -2.25. The van der Waals surface area contributed by atoms with Gasteiger partial charge in [0.15, 0.2) is 0 Å². The molecule has 0 aromatic heterocycles. The smallest absolute Gasteiger partial charge is 0.0234 e. The first-order chi connectivity index (χ1) is 7.81. The van der Waals surface area contributed by atoms with Crippen molar-refractivity contribution in [3.8, 4) is 0 Å².